The maximum atomic E-state index is 13.1. The molecule has 1 atom stereocenters. The van der Waals surface area contributed by atoms with E-state index in [0.29, 0.717) is 43.8 Å². The van der Waals surface area contributed by atoms with Gasteiger partial charge in [-0.2, -0.15) is 11.8 Å². The number of thioether (sulfide) groups is 1. The summed E-state index contributed by atoms with van der Waals surface area (Å²) in [5.41, 5.74) is 1.36. The van der Waals surface area contributed by atoms with E-state index < -0.39 is 17.9 Å². The van der Waals surface area contributed by atoms with Crippen LogP contribution in [0.3, 0.4) is 0 Å². The van der Waals surface area contributed by atoms with Crippen LogP contribution in [0.15, 0.2) is 24.3 Å². The molecule has 0 aliphatic carbocycles. The number of benzene rings is 1. The number of carbonyl (C=O) groups is 3. The normalized spacial score (nSPS) is 15.6. The Bertz CT molecular complexity index is 965. The van der Waals surface area contributed by atoms with Crippen LogP contribution in [0.1, 0.15) is 29.8 Å². The zero-order chi connectivity index (χ0) is 22.5. The fourth-order valence-electron chi connectivity index (χ4n) is 3.96. The second kappa shape index (κ2) is 10.1. The molecule has 2 amide bonds. The van der Waals surface area contributed by atoms with Gasteiger partial charge in [0, 0.05) is 31.0 Å². The molecule has 1 saturated heterocycles. The largest absolute Gasteiger partial charge is 0.497 e. The van der Waals surface area contributed by atoms with Gasteiger partial charge in [-0.15, -0.1) is 0 Å². The Morgan fingerprint density at radius 1 is 1.26 bits per heavy atom. The van der Waals surface area contributed by atoms with Gasteiger partial charge in [-0.3, -0.25) is 14.4 Å². The van der Waals surface area contributed by atoms with E-state index in [9.17, 15) is 19.5 Å². The number of carboxylic acid groups (broad SMARTS) is 1. The minimum absolute atomic E-state index is 0.147. The molecule has 0 saturated carbocycles. The molecule has 1 aromatic carbocycles. The fourth-order valence-corrected chi connectivity index (χ4v) is 4.44. The molecule has 2 aromatic rings. The van der Waals surface area contributed by atoms with Crippen molar-refractivity contribution >= 4 is 40.4 Å². The van der Waals surface area contributed by atoms with E-state index in [1.54, 1.807) is 34.4 Å². The van der Waals surface area contributed by atoms with Crippen LogP contribution in [-0.2, 0) is 16.6 Å². The zero-order valence-electron chi connectivity index (χ0n) is 18.1. The summed E-state index contributed by atoms with van der Waals surface area (Å²) < 4.78 is 7.07. The number of carboxylic acids is 1. The molecule has 0 unspecified atom stereocenters. The van der Waals surface area contributed by atoms with Gasteiger partial charge in [0.1, 0.15) is 17.5 Å². The first kappa shape index (κ1) is 23.0. The summed E-state index contributed by atoms with van der Waals surface area (Å²) in [6.45, 7) is 0.796. The van der Waals surface area contributed by atoms with Crippen LogP contribution in [0.5, 0.6) is 5.75 Å². The van der Waals surface area contributed by atoms with Crippen LogP contribution < -0.4 is 10.1 Å². The number of amides is 2. The van der Waals surface area contributed by atoms with Crippen molar-refractivity contribution in [3.05, 3.63) is 30.0 Å². The Morgan fingerprint density at radius 3 is 2.58 bits per heavy atom. The number of piperidine rings is 1. The molecule has 0 spiro atoms. The van der Waals surface area contributed by atoms with E-state index in [2.05, 4.69) is 5.32 Å². The highest BCUT2D eigenvalue weighted by atomic mass is 32.2. The molecule has 9 heteroatoms. The van der Waals surface area contributed by atoms with Crippen molar-refractivity contribution in [2.24, 2.45) is 13.0 Å². The van der Waals surface area contributed by atoms with Gasteiger partial charge in [-0.1, -0.05) is 0 Å². The number of aryl methyl sites for hydroxylation is 1. The van der Waals surface area contributed by atoms with Gasteiger partial charge in [-0.05, 0) is 55.5 Å². The minimum Gasteiger partial charge on any atom is -0.497 e. The van der Waals surface area contributed by atoms with E-state index in [4.69, 9.17) is 4.74 Å². The summed E-state index contributed by atoms with van der Waals surface area (Å²) in [5.74, 6) is -0.232. The van der Waals surface area contributed by atoms with E-state index in [-0.39, 0.29) is 11.8 Å². The van der Waals surface area contributed by atoms with Gasteiger partial charge in [0.05, 0.1) is 13.0 Å². The predicted molar refractivity (Wildman–Crippen MR) is 121 cm³/mol. The van der Waals surface area contributed by atoms with E-state index in [1.807, 2.05) is 31.5 Å². The average Bonchev–Trinajstić information content (AvgIpc) is 3.11. The van der Waals surface area contributed by atoms with Crippen LogP contribution in [0.25, 0.3) is 10.9 Å². The van der Waals surface area contributed by atoms with Gasteiger partial charge >= 0.3 is 5.97 Å². The molecule has 168 valence electrons. The maximum Gasteiger partial charge on any atom is 0.306 e. The molecule has 2 heterocycles. The lowest BCUT2D eigenvalue weighted by atomic mass is 9.96. The fraction of sp³-hybridized carbons (Fsp3) is 0.500. The second-order valence-electron chi connectivity index (χ2n) is 7.76. The monoisotopic (exact) mass is 447 g/mol. The van der Waals surface area contributed by atoms with Gasteiger partial charge in [-0.25, -0.2) is 0 Å². The summed E-state index contributed by atoms with van der Waals surface area (Å²) in [7, 11) is 3.41. The van der Waals surface area contributed by atoms with Crippen LogP contribution >= 0.6 is 11.8 Å². The standard InChI is InChI=1S/C22H29N3O5S/c1-24-18-5-4-16(30-2)12-15(18)13-19(24)20(26)23-17(8-11-31-3)21(27)25-9-6-14(7-10-25)22(28)29/h4-5,12-14,17H,6-11H2,1-3H3,(H,23,26)(H,28,29)/t17-/m0/s1. The third-order valence-electron chi connectivity index (χ3n) is 5.85. The van der Waals surface area contributed by atoms with E-state index in [0.717, 1.165) is 16.7 Å². The molecule has 3 rings (SSSR count). The number of fused-ring (bicyclic) bond motifs is 1. The Balaban J connectivity index is 1.75. The molecule has 31 heavy (non-hydrogen) atoms. The van der Waals surface area contributed by atoms with Crippen LogP contribution in [0, 0.1) is 5.92 Å². The third-order valence-corrected chi connectivity index (χ3v) is 6.50. The summed E-state index contributed by atoms with van der Waals surface area (Å²) in [6, 6.07) is 6.76. The molecule has 0 radical (unpaired) electrons. The average molecular weight is 448 g/mol. The third kappa shape index (κ3) is 5.15. The summed E-state index contributed by atoms with van der Waals surface area (Å²) >= 11 is 1.61. The number of ether oxygens (including phenoxy) is 1. The van der Waals surface area contributed by atoms with Crippen LogP contribution in [-0.4, -0.2) is 70.6 Å². The number of aliphatic carboxylic acids is 1. The molecule has 1 aliphatic heterocycles. The summed E-state index contributed by atoms with van der Waals surface area (Å²) in [5, 5.41) is 13.0. The first-order valence-corrected chi connectivity index (χ1v) is 11.7. The van der Waals surface area contributed by atoms with E-state index >= 15 is 0 Å². The first-order chi connectivity index (χ1) is 14.8. The number of aromatic nitrogens is 1. The van der Waals surface area contributed by atoms with Crippen molar-refractivity contribution in [1.82, 2.24) is 14.8 Å². The van der Waals surface area contributed by atoms with Crippen molar-refractivity contribution in [2.75, 3.05) is 32.2 Å². The van der Waals surface area contributed by atoms with Crippen molar-refractivity contribution in [3.8, 4) is 5.75 Å². The number of hydrogen-bond acceptors (Lipinski definition) is 5. The lowest BCUT2D eigenvalue weighted by molar-refractivity contribution is -0.146. The topological polar surface area (TPSA) is 101 Å². The van der Waals surface area contributed by atoms with E-state index in [1.165, 1.54) is 0 Å². The molecule has 1 aliphatic rings. The molecule has 8 nitrogen and oxygen atoms in total. The van der Waals surface area contributed by atoms with Crippen molar-refractivity contribution < 1.29 is 24.2 Å². The Morgan fingerprint density at radius 2 is 1.97 bits per heavy atom. The summed E-state index contributed by atoms with van der Waals surface area (Å²) in [4.78, 5) is 39.1. The smallest absolute Gasteiger partial charge is 0.306 e. The van der Waals surface area contributed by atoms with Crippen molar-refractivity contribution in [3.63, 3.8) is 0 Å². The molecule has 2 N–H and O–H groups in total. The number of nitrogens with one attached hydrogen (secondary N) is 1. The Kier molecular flexibility index (Phi) is 7.48. The SMILES string of the molecule is COc1ccc2c(c1)cc(C(=O)N[C@@H](CCSC)C(=O)N1CCC(C(=O)O)CC1)n2C. The molecule has 1 fully saturated rings. The molecule has 0 bridgehead atoms. The lowest BCUT2D eigenvalue weighted by Crippen LogP contribution is -2.51. The predicted octanol–water partition coefficient (Wildman–Crippen LogP) is 2.36. The Hall–Kier alpha value is -2.68. The first-order valence-electron chi connectivity index (χ1n) is 10.3. The van der Waals surface area contributed by atoms with Gasteiger partial charge in [0.25, 0.3) is 5.91 Å². The molecular formula is C22H29N3O5S. The lowest BCUT2D eigenvalue weighted by Gasteiger charge is -2.33. The quantitative estimate of drug-likeness (QED) is 0.644. The number of hydrogen-bond donors (Lipinski definition) is 2. The molecular weight excluding hydrogens is 418 g/mol. The zero-order valence-corrected chi connectivity index (χ0v) is 18.9. The number of likely N-dealkylation sites (tertiary alicyclic amines) is 1. The maximum absolute atomic E-state index is 13.1. The van der Waals surface area contributed by atoms with Crippen molar-refractivity contribution in [1.29, 1.82) is 0 Å². The molecule has 1 aromatic heterocycles. The minimum atomic E-state index is -0.813. The van der Waals surface area contributed by atoms with Gasteiger partial charge in [0.15, 0.2) is 0 Å². The van der Waals surface area contributed by atoms with Crippen LogP contribution in [0.2, 0.25) is 0 Å². The Labute approximate surface area is 185 Å². The van der Waals surface area contributed by atoms with Crippen molar-refractivity contribution in [2.45, 2.75) is 25.3 Å². The number of rotatable bonds is 8. The highest BCUT2D eigenvalue weighted by Gasteiger charge is 2.31. The second-order valence-corrected chi connectivity index (χ2v) is 8.74. The van der Waals surface area contributed by atoms with Gasteiger partial charge < -0.3 is 24.6 Å². The van der Waals surface area contributed by atoms with Crippen LogP contribution in [0.4, 0.5) is 0 Å². The summed E-state index contributed by atoms with van der Waals surface area (Å²) in [6.07, 6.45) is 3.35. The highest BCUT2D eigenvalue weighted by molar-refractivity contribution is 7.98. The number of carbonyl (C=O) groups excluding carboxylic acids is 2. The number of nitrogens with zero attached hydrogens (tertiary/aromatic N) is 2. The van der Waals surface area contributed by atoms with Gasteiger partial charge in [0.2, 0.25) is 5.91 Å². The number of methoxy groups -OCH3 is 1. The highest BCUT2D eigenvalue weighted by Crippen LogP contribution is 2.24.